The quantitative estimate of drug-likeness (QED) is 0.571. The van der Waals surface area contributed by atoms with Gasteiger partial charge in [-0.3, -0.25) is 5.43 Å². The number of aromatic nitrogens is 3. The van der Waals surface area contributed by atoms with Gasteiger partial charge in [0.15, 0.2) is 0 Å². The Labute approximate surface area is 114 Å². The zero-order chi connectivity index (χ0) is 14.4. The lowest BCUT2D eigenvalue weighted by Gasteiger charge is -2.28. The van der Waals surface area contributed by atoms with Crippen molar-refractivity contribution in [3.05, 3.63) is 0 Å². The summed E-state index contributed by atoms with van der Waals surface area (Å²) < 4.78 is 5.44. The molecule has 108 valence electrons. The highest BCUT2D eigenvalue weighted by atomic mass is 16.5. The molecular formula is C12H24N6O. The number of hydrogen-bond donors (Lipinski definition) is 2. The van der Waals surface area contributed by atoms with E-state index in [1.165, 1.54) is 0 Å². The van der Waals surface area contributed by atoms with Gasteiger partial charge in [-0.25, -0.2) is 5.84 Å². The van der Waals surface area contributed by atoms with Crippen molar-refractivity contribution >= 4 is 11.9 Å². The molecule has 1 rings (SSSR count). The molecule has 7 heteroatoms. The standard InChI is InChI=1S/C12H24N6O/c1-6-7-19-12-15-10(17-13)14-11(16-12)18(5)9(4)8(2)3/h8-9H,6-7,13H2,1-5H3,(H,14,15,16,17). The Bertz CT molecular complexity index is 398. The van der Waals surface area contributed by atoms with Crippen molar-refractivity contribution in [3.63, 3.8) is 0 Å². The number of hydrogen-bond acceptors (Lipinski definition) is 7. The Morgan fingerprint density at radius 3 is 2.47 bits per heavy atom. The maximum Gasteiger partial charge on any atom is 0.323 e. The fourth-order valence-corrected chi connectivity index (χ4v) is 1.46. The summed E-state index contributed by atoms with van der Waals surface area (Å²) in [6.07, 6.45) is 0.893. The summed E-state index contributed by atoms with van der Waals surface area (Å²) in [6.45, 7) is 9.02. The van der Waals surface area contributed by atoms with Crippen molar-refractivity contribution in [2.75, 3.05) is 24.0 Å². The fraction of sp³-hybridized carbons (Fsp3) is 0.750. The summed E-state index contributed by atoms with van der Waals surface area (Å²) >= 11 is 0. The molecule has 0 aliphatic heterocycles. The highest BCUT2D eigenvalue weighted by molar-refractivity contribution is 5.37. The van der Waals surface area contributed by atoms with Gasteiger partial charge in [0.2, 0.25) is 11.9 Å². The number of nitrogens with one attached hydrogen (secondary N) is 1. The first kappa shape index (κ1) is 15.4. The SMILES string of the molecule is CCCOc1nc(NN)nc(N(C)C(C)C(C)C)n1. The maximum absolute atomic E-state index is 5.44. The van der Waals surface area contributed by atoms with E-state index in [4.69, 9.17) is 10.6 Å². The number of ether oxygens (including phenoxy) is 1. The highest BCUT2D eigenvalue weighted by Crippen LogP contribution is 2.18. The Balaban J connectivity index is 2.98. The molecule has 1 aromatic heterocycles. The minimum atomic E-state index is 0.294. The van der Waals surface area contributed by atoms with Crippen LogP contribution in [0.1, 0.15) is 34.1 Å². The lowest BCUT2D eigenvalue weighted by molar-refractivity contribution is 0.291. The van der Waals surface area contributed by atoms with Crippen LogP contribution in [0.25, 0.3) is 0 Å². The Morgan fingerprint density at radius 2 is 1.95 bits per heavy atom. The van der Waals surface area contributed by atoms with Crippen molar-refractivity contribution in [1.29, 1.82) is 0 Å². The fourth-order valence-electron chi connectivity index (χ4n) is 1.46. The van der Waals surface area contributed by atoms with E-state index >= 15 is 0 Å². The molecule has 1 aromatic rings. The smallest absolute Gasteiger partial charge is 0.323 e. The number of nitrogens with two attached hydrogens (primary N) is 1. The molecule has 1 atom stereocenters. The Hall–Kier alpha value is -1.63. The zero-order valence-corrected chi connectivity index (χ0v) is 12.3. The topological polar surface area (TPSA) is 89.2 Å². The molecule has 3 N–H and O–H groups in total. The molecule has 7 nitrogen and oxygen atoms in total. The van der Waals surface area contributed by atoms with Crippen LogP contribution in [-0.2, 0) is 0 Å². The van der Waals surface area contributed by atoms with Gasteiger partial charge in [0.25, 0.3) is 0 Å². The molecule has 19 heavy (non-hydrogen) atoms. The van der Waals surface area contributed by atoms with Gasteiger partial charge in [-0.15, -0.1) is 0 Å². The number of nitrogen functional groups attached to an aromatic ring is 1. The summed E-state index contributed by atoms with van der Waals surface area (Å²) in [5, 5.41) is 0. The van der Waals surface area contributed by atoms with Gasteiger partial charge in [0.1, 0.15) is 0 Å². The van der Waals surface area contributed by atoms with Crippen LogP contribution in [0.2, 0.25) is 0 Å². The molecule has 0 aliphatic rings. The van der Waals surface area contributed by atoms with Crippen molar-refractivity contribution in [3.8, 4) is 6.01 Å². The van der Waals surface area contributed by atoms with Gasteiger partial charge < -0.3 is 9.64 Å². The van der Waals surface area contributed by atoms with E-state index in [9.17, 15) is 0 Å². The molecule has 0 aliphatic carbocycles. The third kappa shape index (κ3) is 4.20. The van der Waals surface area contributed by atoms with Gasteiger partial charge in [0.05, 0.1) is 6.61 Å². The van der Waals surface area contributed by atoms with Crippen LogP contribution in [-0.4, -0.2) is 34.6 Å². The van der Waals surface area contributed by atoms with E-state index in [2.05, 4.69) is 41.1 Å². The lowest BCUT2D eigenvalue weighted by atomic mass is 10.1. The summed E-state index contributed by atoms with van der Waals surface area (Å²) in [5.41, 5.74) is 2.44. The van der Waals surface area contributed by atoms with E-state index in [0.717, 1.165) is 6.42 Å². The summed E-state index contributed by atoms with van der Waals surface area (Å²) in [5.74, 6) is 6.71. The summed E-state index contributed by atoms with van der Waals surface area (Å²) in [4.78, 5) is 14.6. The van der Waals surface area contributed by atoms with Gasteiger partial charge in [0, 0.05) is 13.1 Å². The second-order valence-corrected chi connectivity index (χ2v) is 4.83. The molecule has 0 saturated carbocycles. The molecule has 0 spiro atoms. The average Bonchev–Trinajstić information content (AvgIpc) is 2.42. The maximum atomic E-state index is 5.44. The van der Waals surface area contributed by atoms with E-state index in [1.54, 1.807) is 0 Å². The Morgan fingerprint density at radius 1 is 1.26 bits per heavy atom. The minimum Gasteiger partial charge on any atom is -0.463 e. The van der Waals surface area contributed by atoms with Crippen LogP contribution in [0.15, 0.2) is 0 Å². The molecule has 0 saturated heterocycles. The molecule has 0 bridgehead atoms. The van der Waals surface area contributed by atoms with Gasteiger partial charge >= 0.3 is 6.01 Å². The van der Waals surface area contributed by atoms with Crippen molar-refractivity contribution in [2.24, 2.45) is 11.8 Å². The van der Waals surface area contributed by atoms with Crippen LogP contribution in [0, 0.1) is 5.92 Å². The van der Waals surface area contributed by atoms with Crippen LogP contribution in [0.5, 0.6) is 6.01 Å². The zero-order valence-electron chi connectivity index (χ0n) is 12.3. The van der Waals surface area contributed by atoms with Crippen molar-refractivity contribution in [1.82, 2.24) is 15.0 Å². The third-order valence-electron chi connectivity index (χ3n) is 3.06. The predicted molar refractivity (Wildman–Crippen MR) is 76.1 cm³/mol. The summed E-state index contributed by atoms with van der Waals surface area (Å²) in [7, 11) is 1.95. The molecule has 1 heterocycles. The number of nitrogens with zero attached hydrogens (tertiary/aromatic N) is 4. The first-order chi connectivity index (χ1) is 8.99. The van der Waals surface area contributed by atoms with Gasteiger partial charge in [-0.2, -0.15) is 15.0 Å². The van der Waals surface area contributed by atoms with Crippen LogP contribution in [0.3, 0.4) is 0 Å². The number of rotatable bonds is 7. The average molecular weight is 268 g/mol. The minimum absolute atomic E-state index is 0.294. The molecule has 0 radical (unpaired) electrons. The number of anilines is 2. The molecule has 1 unspecified atom stereocenters. The first-order valence-electron chi connectivity index (χ1n) is 6.57. The van der Waals surface area contributed by atoms with Gasteiger partial charge in [-0.05, 0) is 19.3 Å². The third-order valence-corrected chi connectivity index (χ3v) is 3.06. The lowest BCUT2D eigenvalue weighted by Crippen LogP contribution is -2.34. The molecule has 0 fully saturated rings. The van der Waals surface area contributed by atoms with Crippen LogP contribution >= 0.6 is 0 Å². The second kappa shape index (κ2) is 7.08. The second-order valence-electron chi connectivity index (χ2n) is 4.83. The largest absolute Gasteiger partial charge is 0.463 e. The van der Waals surface area contributed by atoms with Crippen molar-refractivity contribution in [2.45, 2.75) is 40.2 Å². The van der Waals surface area contributed by atoms with Crippen LogP contribution in [0.4, 0.5) is 11.9 Å². The van der Waals surface area contributed by atoms with E-state index in [-0.39, 0.29) is 0 Å². The predicted octanol–water partition coefficient (Wildman–Crippen LogP) is 1.43. The number of hydrazine groups is 1. The monoisotopic (exact) mass is 268 g/mol. The molecular weight excluding hydrogens is 244 g/mol. The summed E-state index contributed by atoms with van der Waals surface area (Å²) in [6, 6.07) is 0.592. The normalized spacial score (nSPS) is 12.4. The van der Waals surface area contributed by atoms with Crippen molar-refractivity contribution < 1.29 is 4.74 Å². The Kier molecular flexibility index (Phi) is 5.75. The molecule has 0 amide bonds. The van der Waals surface area contributed by atoms with E-state index in [0.29, 0.717) is 36.5 Å². The first-order valence-corrected chi connectivity index (χ1v) is 6.57. The highest BCUT2D eigenvalue weighted by Gasteiger charge is 2.18. The molecule has 0 aromatic carbocycles. The van der Waals surface area contributed by atoms with E-state index in [1.807, 2.05) is 18.9 Å². The van der Waals surface area contributed by atoms with E-state index < -0.39 is 0 Å². The van der Waals surface area contributed by atoms with Crippen LogP contribution < -0.4 is 20.9 Å². The van der Waals surface area contributed by atoms with Gasteiger partial charge in [-0.1, -0.05) is 20.8 Å².